The summed E-state index contributed by atoms with van der Waals surface area (Å²) in [4.78, 5) is 9.13. The molecule has 0 saturated carbocycles. The molecule has 35 heavy (non-hydrogen) atoms. The zero-order chi connectivity index (χ0) is 23.1. The van der Waals surface area contributed by atoms with E-state index in [4.69, 9.17) is 4.74 Å². The van der Waals surface area contributed by atoms with Crippen LogP contribution < -0.4 is 4.74 Å². The van der Waals surface area contributed by atoms with Gasteiger partial charge >= 0.3 is 21.1 Å². The van der Waals surface area contributed by atoms with Gasteiger partial charge in [-0.05, 0) is 48.5 Å². The van der Waals surface area contributed by atoms with Crippen LogP contribution in [-0.4, -0.2) is 14.5 Å². The molecular formula is C30H21N3OPt. The molecule has 0 bridgehead atoms. The molecule has 0 aliphatic rings. The summed E-state index contributed by atoms with van der Waals surface area (Å²) in [6.07, 6.45) is 1.81. The second-order valence-corrected chi connectivity index (χ2v) is 8.26. The molecule has 4 nitrogen and oxygen atoms in total. The van der Waals surface area contributed by atoms with Gasteiger partial charge in [-0.15, -0.1) is 18.2 Å². The Hall–Kier alpha value is -3.75. The number of aryl methyl sites for hydroxylation is 2. The van der Waals surface area contributed by atoms with E-state index in [1.807, 2.05) is 68.6 Å². The van der Waals surface area contributed by atoms with Crippen molar-refractivity contribution in [1.82, 2.24) is 14.5 Å². The van der Waals surface area contributed by atoms with E-state index in [0.29, 0.717) is 11.6 Å². The molecule has 172 valence electrons. The Morgan fingerprint density at radius 2 is 1.57 bits per heavy atom. The van der Waals surface area contributed by atoms with E-state index in [9.17, 15) is 0 Å². The molecule has 3 heterocycles. The SMILES string of the molecule is Cc1ccc(Oc2[c-]c(-c3[c-]c4c(cc3)c3ccccc3n4-c3ccccn3)ccc2)nc1C.[Pt+2]. The van der Waals surface area contributed by atoms with Gasteiger partial charge in [0, 0.05) is 29.2 Å². The van der Waals surface area contributed by atoms with Gasteiger partial charge in [-0.2, -0.15) is 24.3 Å². The van der Waals surface area contributed by atoms with Gasteiger partial charge in [0.15, 0.2) is 0 Å². The number of ether oxygens (including phenoxy) is 1. The molecule has 0 aliphatic carbocycles. The van der Waals surface area contributed by atoms with Gasteiger partial charge in [0.25, 0.3) is 0 Å². The van der Waals surface area contributed by atoms with E-state index in [-0.39, 0.29) is 21.1 Å². The molecule has 0 atom stereocenters. The second kappa shape index (κ2) is 9.48. The van der Waals surface area contributed by atoms with Crippen molar-refractivity contribution in [1.29, 1.82) is 0 Å². The number of rotatable bonds is 4. The summed E-state index contributed by atoms with van der Waals surface area (Å²) in [5, 5.41) is 2.31. The molecule has 0 spiro atoms. The van der Waals surface area contributed by atoms with Crippen LogP contribution >= 0.6 is 0 Å². The fraction of sp³-hybridized carbons (Fsp3) is 0.0667. The van der Waals surface area contributed by atoms with Crippen LogP contribution in [0.2, 0.25) is 0 Å². The molecule has 0 radical (unpaired) electrons. The summed E-state index contributed by atoms with van der Waals surface area (Å²) in [6, 6.07) is 35.3. The third-order valence-electron chi connectivity index (χ3n) is 6.06. The number of hydrogen-bond donors (Lipinski definition) is 0. The predicted molar refractivity (Wildman–Crippen MR) is 135 cm³/mol. The average molecular weight is 635 g/mol. The van der Waals surface area contributed by atoms with E-state index in [1.165, 1.54) is 5.39 Å². The molecule has 3 aromatic heterocycles. The van der Waals surface area contributed by atoms with Crippen LogP contribution in [0.1, 0.15) is 11.3 Å². The molecule has 0 N–H and O–H groups in total. The molecule has 6 aromatic rings. The van der Waals surface area contributed by atoms with Crippen LogP contribution in [0.15, 0.2) is 91.1 Å². The van der Waals surface area contributed by atoms with Crippen LogP contribution in [0.5, 0.6) is 11.6 Å². The fourth-order valence-electron chi connectivity index (χ4n) is 4.22. The minimum atomic E-state index is 0. The number of fused-ring (bicyclic) bond motifs is 3. The molecule has 3 aromatic carbocycles. The second-order valence-electron chi connectivity index (χ2n) is 8.26. The van der Waals surface area contributed by atoms with Crippen molar-refractivity contribution in [3.05, 3.63) is 115 Å². The van der Waals surface area contributed by atoms with Crippen molar-refractivity contribution in [3.63, 3.8) is 0 Å². The zero-order valence-corrected chi connectivity index (χ0v) is 21.5. The normalized spacial score (nSPS) is 10.9. The van der Waals surface area contributed by atoms with Gasteiger partial charge in [-0.3, -0.25) is 0 Å². The van der Waals surface area contributed by atoms with Crippen LogP contribution in [0, 0.1) is 26.0 Å². The third kappa shape index (κ3) is 4.26. The first-order valence-electron chi connectivity index (χ1n) is 11.2. The number of aromatic nitrogens is 3. The van der Waals surface area contributed by atoms with Crippen molar-refractivity contribution in [3.8, 4) is 28.6 Å². The van der Waals surface area contributed by atoms with E-state index in [1.54, 1.807) is 0 Å². The number of nitrogens with zero attached hydrogens (tertiary/aromatic N) is 3. The maximum Gasteiger partial charge on any atom is 2.00 e. The van der Waals surface area contributed by atoms with Crippen molar-refractivity contribution in [2.45, 2.75) is 13.8 Å². The maximum absolute atomic E-state index is 6.01. The summed E-state index contributed by atoms with van der Waals surface area (Å²) in [5.41, 5.74) is 6.01. The molecule has 5 heteroatoms. The number of benzene rings is 3. The van der Waals surface area contributed by atoms with Gasteiger partial charge in [-0.25, -0.2) is 21.1 Å². The van der Waals surface area contributed by atoms with E-state index in [0.717, 1.165) is 44.6 Å². The Bertz CT molecular complexity index is 1660. The molecule has 0 fully saturated rings. The Morgan fingerprint density at radius 3 is 2.40 bits per heavy atom. The van der Waals surface area contributed by atoms with Crippen LogP contribution in [0.25, 0.3) is 38.8 Å². The quantitative estimate of drug-likeness (QED) is 0.192. The molecule has 0 amide bonds. The van der Waals surface area contributed by atoms with Crippen molar-refractivity contribution < 1.29 is 25.8 Å². The standard InChI is InChI=1S/C30H21N3O.Pt/c1-20-13-16-30(32-21(20)2)34-24-9-7-8-22(18-24)23-14-15-26-25-10-3-4-11-27(25)33(28(26)19-23)29-12-5-6-17-31-29;/h3-17H,1-2H3;/q-2;+2. The first kappa shape index (κ1) is 23.0. The first-order valence-corrected chi connectivity index (χ1v) is 11.2. The number of para-hydroxylation sites is 1. The minimum Gasteiger partial charge on any atom is -0.460 e. The summed E-state index contributed by atoms with van der Waals surface area (Å²) in [7, 11) is 0. The Labute approximate surface area is 218 Å². The Kier molecular flexibility index (Phi) is 6.23. The zero-order valence-electron chi connectivity index (χ0n) is 19.2. The topological polar surface area (TPSA) is 39.9 Å². The maximum atomic E-state index is 6.01. The number of hydrogen-bond acceptors (Lipinski definition) is 3. The smallest absolute Gasteiger partial charge is 0.460 e. The summed E-state index contributed by atoms with van der Waals surface area (Å²) in [6.45, 7) is 4.02. The van der Waals surface area contributed by atoms with Crippen molar-refractivity contribution >= 4 is 21.8 Å². The number of pyridine rings is 2. The van der Waals surface area contributed by atoms with Gasteiger partial charge in [-0.1, -0.05) is 35.7 Å². The Balaban J connectivity index is 0.00000253. The molecular weight excluding hydrogens is 613 g/mol. The molecule has 0 saturated heterocycles. The fourth-order valence-corrected chi connectivity index (χ4v) is 4.22. The summed E-state index contributed by atoms with van der Waals surface area (Å²) >= 11 is 0. The van der Waals surface area contributed by atoms with E-state index >= 15 is 0 Å². The largest absolute Gasteiger partial charge is 2.00 e. The molecule has 0 unspecified atom stereocenters. The average Bonchev–Trinajstić information content (AvgIpc) is 3.21. The third-order valence-corrected chi connectivity index (χ3v) is 6.06. The van der Waals surface area contributed by atoms with E-state index in [2.05, 4.69) is 63.1 Å². The van der Waals surface area contributed by atoms with Gasteiger partial charge in [0.1, 0.15) is 5.82 Å². The minimum absolute atomic E-state index is 0. The summed E-state index contributed by atoms with van der Waals surface area (Å²) < 4.78 is 8.17. The first-order chi connectivity index (χ1) is 16.7. The summed E-state index contributed by atoms with van der Waals surface area (Å²) in [5.74, 6) is 2.04. The monoisotopic (exact) mass is 634 g/mol. The van der Waals surface area contributed by atoms with Gasteiger partial charge in [0.2, 0.25) is 5.88 Å². The van der Waals surface area contributed by atoms with Gasteiger partial charge in [0.05, 0.1) is 0 Å². The van der Waals surface area contributed by atoms with Crippen molar-refractivity contribution in [2.75, 3.05) is 0 Å². The van der Waals surface area contributed by atoms with Crippen LogP contribution in [0.3, 0.4) is 0 Å². The molecule has 0 aliphatic heterocycles. The van der Waals surface area contributed by atoms with Crippen LogP contribution in [0.4, 0.5) is 0 Å². The Morgan fingerprint density at radius 1 is 0.743 bits per heavy atom. The van der Waals surface area contributed by atoms with Crippen LogP contribution in [-0.2, 0) is 21.1 Å². The predicted octanol–water partition coefficient (Wildman–Crippen LogP) is 7.25. The van der Waals surface area contributed by atoms with Gasteiger partial charge < -0.3 is 9.30 Å². The molecule has 6 rings (SSSR count). The van der Waals surface area contributed by atoms with Crippen molar-refractivity contribution in [2.24, 2.45) is 0 Å². The van der Waals surface area contributed by atoms with E-state index < -0.39 is 0 Å².